The van der Waals surface area contributed by atoms with Gasteiger partial charge in [0.1, 0.15) is 12.4 Å². The summed E-state index contributed by atoms with van der Waals surface area (Å²) in [7, 11) is 1.67. The first-order valence-corrected chi connectivity index (χ1v) is 8.06. The quantitative estimate of drug-likeness (QED) is 0.675. The van der Waals surface area contributed by atoms with Gasteiger partial charge in [-0.15, -0.1) is 0 Å². The summed E-state index contributed by atoms with van der Waals surface area (Å²) < 4.78 is 30.4. The van der Waals surface area contributed by atoms with E-state index in [1.54, 1.807) is 25.3 Å². The molecule has 4 nitrogen and oxygen atoms in total. The van der Waals surface area contributed by atoms with Crippen molar-refractivity contribution in [2.24, 2.45) is 0 Å². The largest absolute Gasteiger partial charge is 0.490 e. The number of nitrogens with one attached hydrogen (secondary N) is 1. The summed E-state index contributed by atoms with van der Waals surface area (Å²) in [5, 5.41) is 3.29. The van der Waals surface area contributed by atoms with Gasteiger partial charge >= 0.3 is 0 Å². The number of benzene rings is 2. The first-order chi connectivity index (χ1) is 11.8. The minimum absolute atomic E-state index is 0.155. The minimum atomic E-state index is -0.272. The Morgan fingerprint density at radius 1 is 1.00 bits per heavy atom. The van der Waals surface area contributed by atoms with Gasteiger partial charge in [-0.1, -0.05) is 30.3 Å². The fraction of sp³-hybridized carbons (Fsp3) is 0.368. The maximum absolute atomic E-state index is 13.8. The van der Waals surface area contributed by atoms with Gasteiger partial charge in [0, 0.05) is 31.3 Å². The summed E-state index contributed by atoms with van der Waals surface area (Å²) in [5.74, 6) is 1.04. The predicted octanol–water partition coefficient (Wildman–Crippen LogP) is 3.54. The van der Waals surface area contributed by atoms with Crippen LogP contribution in [-0.2, 0) is 17.9 Å². The van der Waals surface area contributed by atoms with Gasteiger partial charge < -0.3 is 19.5 Å². The monoisotopic (exact) mass is 333 g/mol. The molecule has 0 saturated heterocycles. The van der Waals surface area contributed by atoms with Crippen LogP contribution < -0.4 is 14.8 Å². The molecule has 1 N–H and O–H groups in total. The van der Waals surface area contributed by atoms with Gasteiger partial charge in [0.2, 0.25) is 0 Å². The molecule has 2 aromatic carbocycles. The molecule has 0 unspecified atom stereocenters. The van der Waals surface area contributed by atoms with Crippen molar-refractivity contribution < 1.29 is 18.6 Å². The van der Waals surface area contributed by atoms with E-state index in [4.69, 9.17) is 14.2 Å². The Hall–Kier alpha value is -2.11. The van der Waals surface area contributed by atoms with Gasteiger partial charge in [0.15, 0.2) is 11.5 Å². The van der Waals surface area contributed by atoms with E-state index >= 15 is 0 Å². The van der Waals surface area contributed by atoms with Crippen molar-refractivity contribution in [3.63, 3.8) is 0 Å². The van der Waals surface area contributed by atoms with Gasteiger partial charge in [-0.2, -0.15) is 0 Å². The third-order valence-electron chi connectivity index (χ3n) is 3.49. The number of hydrogen-bond donors (Lipinski definition) is 1. The second kappa shape index (κ2) is 9.90. The molecular formula is C19H24FNO3. The van der Waals surface area contributed by atoms with Gasteiger partial charge in [0.25, 0.3) is 0 Å². The van der Waals surface area contributed by atoms with Crippen molar-refractivity contribution in [3.05, 3.63) is 59.4 Å². The first kappa shape index (κ1) is 18.2. The van der Waals surface area contributed by atoms with E-state index < -0.39 is 0 Å². The molecule has 2 rings (SSSR count). The second-order valence-corrected chi connectivity index (χ2v) is 5.23. The molecular weight excluding hydrogens is 309 g/mol. The van der Waals surface area contributed by atoms with Crippen molar-refractivity contribution in [2.75, 3.05) is 26.9 Å². The molecule has 5 heteroatoms. The Morgan fingerprint density at radius 3 is 2.54 bits per heavy atom. The Labute approximate surface area is 142 Å². The average molecular weight is 333 g/mol. The maximum atomic E-state index is 13.8. The van der Waals surface area contributed by atoms with E-state index in [-0.39, 0.29) is 12.4 Å². The van der Waals surface area contributed by atoms with E-state index in [0.29, 0.717) is 36.8 Å². The lowest BCUT2D eigenvalue weighted by Gasteiger charge is -2.16. The molecule has 0 radical (unpaired) electrons. The molecule has 0 atom stereocenters. The number of halogens is 1. The van der Waals surface area contributed by atoms with Crippen LogP contribution >= 0.6 is 0 Å². The molecule has 0 spiro atoms. The summed E-state index contributed by atoms with van der Waals surface area (Å²) in [4.78, 5) is 0. The van der Waals surface area contributed by atoms with E-state index in [9.17, 15) is 4.39 Å². The molecule has 0 heterocycles. The SMILES string of the molecule is CCOc1cccc(CNCCOC)c1OCc1ccccc1F. The van der Waals surface area contributed by atoms with Crippen LogP contribution in [0.15, 0.2) is 42.5 Å². The lowest BCUT2D eigenvalue weighted by molar-refractivity contribution is 0.199. The normalized spacial score (nSPS) is 10.6. The number of ether oxygens (including phenoxy) is 3. The van der Waals surface area contributed by atoms with Gasteiger partial charge in [-0.05, 0) is 19.1 Å². The minimum Gasteiger partial charge on any atom is -0.490 e. The Balaban J connectivity index is 2.13. The van der Waals surface area contributed by atoms with Crippen LogP contribution in [0.1, 0.15) is 18.1 Å². The molecule has 0 aromatic heterocycles. The molecule has 0 aliphatic rings. The number of rotatable bonds is 10. The third-order valence-corrected chi connectivity index (χ3v) is 3.49. The Bertz CT molecular complexity index is 634. The highest BCUT2D eigenvalue weighted by Crippen LogP contribution is 2.32. The number of para-hydroxylation sites is 1. The van der Waals surface area contributed by atoms with Crippen LogP contribution in [0.3, 0.4) is 0 Å². The first-order valence-electron chi connectivity index (χ1n) is 8.06. The number of methoxy groups -OCH3 is 1. The van der Waals surface area contributed by atoms with Gasteiger partial charge in [-0.3, -0.25) is 0 Å². The smallest absolute Gasteiger partial charge is 0.166 e. The Morgan fingerprint density at radius 2 is 1.79 bits per heavy atom. The van der Waals surface area contributed by atoms with Crippen molar-refractivity contribution in [1.82, 2.24) is 5.32 Å². The van der Waals surface area contributed by atoms with Crippen molar-refractivity contribution in [3.8, 4) is 11.5 Å². The summed E-state index contributed by atoms with van der Waals surface area (Å²) in [6, 6.07) is 12.4. The zero-order chi connectivity index (χ0) is 17.2. The molecule has 0 bridgehead atoms. The summed E-state index contributed by atoms with van der Waals surface area (Å²) in [5.41, 5.74) is 1.48. The lowest BCUT2D eigenvalue weighted by Crippen LogP contribution is -2.19. The highest BCUT2D eigenvalue weighted by Gasteiger charge is 2.12. The highest BCUT2D eigenvalue weighted by molar-refractivity contribution is 5.46. The van der Waals surface area contributed by atoms with Crippen LogP contribution in [0, 0.1) is 5.82 Å². The molecule has 24 heavy (non-hydrogen) atoms. The second-order valence-electron chi connectivity index (χ2n) is 5.23. The molecule has 0 amide bonds. The molecule has 130 valence electrons. The predicted molar refractivity (Wildman–Crippen MR) is 91.9 cm³/mol. The van der Waals surface area contributed by atoms with E-state index in [1.165, 1.54) is 6.07 Å². The van der Waals surface area contributed by atoms with Crippen LogP contribution in [0.5, 0.6) is 11.5 Å². The summed E-state index contributed by atoms with van der Waals surface area (Å²) in [6.07, 6.45) is 0. The fourth-order valence-corrected chi connectivity index (χ4v) is 2.30. The van der Waals surface area contributed by atoms with Crippen LogP contribution in [-0.4, -0.2) is 26.9 Å². The highest BCUT2D eigenvalue weighted by atomic mass is 19.1. The topological polar surface area (TPSA) is 39.7 Å². The number of hydrogen-bond acceptors (Lipinski definition) is 4. The van der Waals surface area contributed by atoms with Crippen LogP contribution in [0.25, 0.3) is 0 Å². The van der Waals surface area contributed by atoms with Crippen molar-refractivity contribution >= 4 is 0 Å². The maximum Gasteiger partial charge on any atom is 0.166 e. The van der Waals surface area contributed by atoms with Gasteiger partial charge in [0.05, 0.1) is 13.2 Å². The standard InChI is InChI=1S/C19H24FNO3/c1-3-23-18-10-6-8-15(13-21-11-12-22-2)19(18)24-14-16-7-4-5-9-17(16)20/h4-10,21H,3,11-14H2,1-2H3. The molecule has 0 saturated carbocycles. The van der Waals surface area contributed by atoms with E-state index in [0.717, 1.165) is 12.1 Å². The fourth-order valence-electron chi connectivity index (χ4n) is 2.30. The summed E-state index contributed by atoms with van der Waals surface area (Å²) in [6.45, 7) is 4.61. The van der Waals surface area contributed by atoms with Gasteiger partial charge in [-0.25, -0.2) is 4.39 Å². The van der Waals surface area contributed by atoms with Crippen LogP contribution in [0.4, 0.5) is 4.39 Å². The van der Waals surface area contributed by atoms with E-state index in [2.05, 4.69) is 5.32 Å². The molecule has 0 aliphatic heterocycles. The molecule has 0 aliphatic carbocycles. The zero-order valence-electron chi connectivity index (χ0n) is 14.2. The molecule has 0 fully saturated rings. The lowest BCUT2D eigenvalue weighted by atomic mass is 10.1. The summed E-state index contributed by atoms with van der Waals surface area (Å²) >= 11 is 0. The Kier molecular flexibility index (Phi) is 7.52. The zero-order valence-corrected chi connectivity index (χ0v) is 14.2. The van der Waals surface area contributed by atoms with Crippen LogP contribution in [0.2, 0.25) is 0 Å². The average Bonchev–Trinajstić information content (AvgIpc) is 2.59. The van der Waals surface area contributed by atoms with Crippen molar-refractivity contribution in [1.29, 1.82) is 0 Å². The van der Waals surface area contributed by atoms with E-state index in [1.807, 2.05) is 25.1 Å². The van der Waals surface area contributed by atoms with Crippen molar-refractivity contribution in [2.45, 2.75) is 20.1 Å². The third kappa shape index (κ3) is 5.22. The molecule has 2 aromatic rings.